The molecule has 0 fully saturated rings. The Morgan fingerprint density at radius 1 is 1.62 bits per heavy atom. The van der Waals surface area contributed by atoms with Crippen LogP contribution in [0.4, 0.5) is 0 Å². The number of hydrogen-bond acceptors (Lipinski definition) is 4. The number of nitrogens with zero attached hydrogens (tertiary/aromatic N) is 1. The van der Waals surface area contributed by atoms with Crippen molar-refractivity contribution in [3.8, 4) is 0 Å². The minimum atomic E-state index is -0.544. The van der Waals surface area contributed by atoms with Crippen LogP contribution in [-0.2, 0) is 11.3 Å². The van der Waals surface area contributed by atoms with E-state index in [0.717, 1.165) is 11.5 Å². The normalized spacial score (nSPS) is 10.8. The molecule has 0 aliphatic rings. The maximum absolute atomic E-state index is 11.7. The number of carbonyl (C=O) groups is 1. The standard InChI is InChI=1S/C10H17N3O2.ClH/c1-7-8(13-6-15-7)4-12-9(14)10(2,3)5-11;/h6H,4-5,11H2,1-3H3,(H,12,14);1H. The van der Waals surface area contributed by atoms with Gasteiger partial charge in [0.2, 0.25) is 5.91 Å². The molecule has 6 heteroatoms. The zero-order valence-corrected chi connectivity index (χ0v) is 10.6. The smallest absolute Gasteiger partial charge is 0.227 e. The Hall–Kier alpha value is -1.07. The Labute approximate surface area is 101 Å². The number of oxazole rings is 1. The lowest BCUT2D eigenvalue weighted by atomic mass is 9.93. The van der Waals surface area contributed by atoms with Crippen molar-refractivity contribution in [1.29, 1.82) is 0 Å². The van der Waals surface area contributed by atoms with Crippen molar-refractivity contribution in [1.82, 2.24) is 10.3 Å². The summed E-state index contributed by atoms with van der Waals surface area (Å²) in [6.07, 6.45) is 1.37. The van der Waals surface area contributed by atoms with E-state index in [9.17, 15) is 4.79 Å². The van der Waals surface area contributed by atoms with Crippen molar-refractivity contribution in [2.45, 2.75) is 27.3 Å². The second-order valence-electron chi connectivity index (χ2n) is 4.13. The van der Waals surface area contributed by atoms with Gasteiger partial charge >= 0.3 is 0 Å². The molecule has 0 bridgehead atoms. The summed E-state index contributed by atoms with van der Waals surface area (Å²) in [5.41, 5.74) is 5.69. The van der Waals surface area contributed by atoms with Crippen molar-refractivity contribution in [2.24, 2.45) is 11.1 Å². The van der Waals surface area contributed by atoms with Gasteiger partial charge in [-0.3, -0.25) is 4.79 Å². The van der Waals surface area contributed by atoms with Crippen LogP contribution in [0.15, 0.2) is 10.8 Å². The van der Waals surface area contributed by atoms with Crippen molar-refractivity contribution in [2.75, 3.05) is 6.54 Å². The average Bonchev–Trinajstić information content (AvgIpc) is 2.60. The summed E-state index contributed by atoms with van der Waals surface area (Å²) >= 11 is 0. The van der Waals surface area contributed by atoms with E-state index in [4.69, 9.17) is 10.2 Å². The van der Waals surface area contributed by atoms with Crippen molar-refractivity contribution >= 4 is 18.3 Å². The molecule has 0 radical (unpaired) electrons. The van der Waals surface area contributed by atoms with Gasteiger partial charge in [-0.1, -0.05) is 0 Å². The van der Waals surface area contributed by atoms with Gasteiger partial charge in [-0.2, -0.15) is 0 Å². The second-order valence-corrected chi connectivity index (χ2v) is 4.13. The van der Waals surface area contributed by atoms with Crippen LogP contribution in [0.25, 0.3) is 0 Å². The van der Waals surface area contributed by atoms with Crippen molar-refractivity contribution in [3.63, 3.8) is 0 Å². The van der Waals surface area contributed by atoms with E-state index in [0.29, 0.717) is 13.1 Å². The van der Waals surface area contributed by atoms with E-state index in [-0.39, 0.29) is 18.3 Å². The number of hydrogen-bond donors (Lipinski definition) is 2. The molecular formula is C10H18ClN3O2. The topological polar surface area (TPSA) is 81.2 Å². The summed E-state index contributed by atoms with van der Waals surface area (Å²) in [5, 5.41) is 2.78. The Kier molecular flexibility index (Phi) is 5.47. The van der Waals surface area contributed by atoms with Crippen LogP contribution in [0.3, 0.4) is 0 Å². The highest BCUT2D eigenvalue weighted by atomic mass is 35.5. The molecule has 1 aromatic rings. The number of aromatic nitrogens is 1. The van der Waals surface area contributed by atoms with Crippen LogP contribution >= 0.6 is 12.4 Å². The van der Waals surface area contributed by atoms with Gasteiger partial charge in [-0.25, -0.2) is 4.98 Å². The molecule has 0 atom stereocenters. The fourth-order valence-electron chi connectivity index (χ4n) is 0.994. The molecule has 0 saturated carbocycles. The molecule has 92 valence electrons. The number of amides is 1. The first-order chi connectivity index (χ1) is 6.97. The fourth-order valence-corrected chi connectivity index (χ4v) is 0.994. The molecule has 16 heavy (non-hydrogen) atoms. The van der Waals surface area contributed by atoms with E-state index < -0.39 is 5.41 Å². The van der Waals surface area contributed by atoms with Gasteiger partial charge in [0.25, 0.3) is 0 Å². The Balaban J connectivity index is 0.00000225. The maximum Gasteiger partial charge on any atom is 0.227 e. The van der Waals surface area contributed by atoms with Gasteiger partial charge in [0.1, 0.15) is 11.5 Å². The highest BCUT2D eigenvalue weighted by Crippen LogP contribution is 2.13. The Morgan fingerprint density at radius 2 is 2.25 bits per heavy atom. The minimum absolute atomic E-state index is 0. The molecule has 1 rings (SSSR count). The fraction of sp³-hybridized carbons (Fsp3) is 0.600. The van der Waals surface area contributed by atoms with E-state index in [1.54, 1.807) is 13.8 Å². The van der Waals surface area contributed by atoms with Crippen LogP contribution in [-0.4, -0.2) is 17.4 Å². The van der Waals surface area contributed by atoms with E-state index in [1.165, 1.54) is 6.39 Å². The quantitative estimate of drug-likeness (QED) is 0.832. The summed E-state index contributed by atoms with van der Waals surface area (Å²) in [6, 6.07) is 0. The largest absolute Gasteiger partial charge is 0.448 e. The first-order valence-electron chi connectivity index (χ1n) is 4.84. The molecule has 0 aliphatic carbocycles. The van der Waals surface area contributed by atoms with Crippen molar-refractivity contribution in [3.05, 3.63) is 17.8 Å². The lowest BCUT2D eigenvalue weighted by molar-refractivity contribution is -0.129. The summed E-state index contributed by atoms with van der Waals surface area (Å²) in [7, 11) is 0. The molecule has 0 aromatic carbocycles. The number of rotatable bonds is 4. The molecule has 5 nitrogen and oxygen atoms in total. The van der Waals surface area contributed by atoms with E-state index in [2.05, 4.69) is 10.3 Å². The zero-order valence-electron chi connectivity index (χ0n) is 9.74. The van der Waals surface area contributed by atoms with Gasteiger partial charge in [0, 0.05) is 6.54 Å². The molecule has 1 amide bonds. The lowest BCUT2D eigenvalue weighted by Gasteiger charge is -2.20. The van der Waals surface area contributed by atoms with E-state index in [1.807, 2.05) is 6.92 Å². The molecule has 0 unspecified atom stereocenters. The van der Waals surface area contributed by atoms with Gasteiger partial charge in [0.15, 0.2) is 6.39 Å². The van der Waals surface area contributed by atoms with Crippen LogP contribution in [0, 0.1) is 12.3 Å². The summed E-state index contributed by atoms with van der Waals surface area (Å²) < 4.78 is 5.02. The third kappa shape index (κ3) is 3.50. The monoisotopic (exact) mass is 247 g/mol. The number of halogens is 1. The maximum atomic E-state index is 11.7. The number of carbonyl (C=O) groups excluding carboxylic acids is 1. The molecular weight excluding hydrogens is 230 g/mol. The highest BCUT2D eigenvalue weighted by molar-refractivity contribution is 5.85. The number of aryl methyl sites for hydroxylation is 1. The second kappa shape index (κ2) is 5.86. The molecule has 3 N–H and O–H groups in total. The molecule has 0 saturated heterocycles. The van der Waals surface area contributed by atoms with Crippen LogP contribution in [0.5, 0.6) is 0 Å². The highest BCUT2D eigenvalue weighted by Gasteiger charge is 2.25. The SMILES string of the molecule is Cc1ocnc1CNC(=O)C(C)(C)CN.Cl. The van der Waals surface area contributed by atoms with E-state index >= 15 is 0 Å². The van der Waals surface area contributed by atoms with Gasteiger partial charge in [0.05, 0.1) is 12.0 Å². The molecule has 0 spiro atoms. The molecule has 1 aromatic heterocycles. The summed E-state index contributed by atoms with van der Waals surface area (Å²) in [4.78, 5) is 15.6. The predicted octanol–water partition coefficient (Wildman–Crippen LogP) is 1.01. The number of nitrogens with two attached hydrogens (primary N) is 1. The summed E-state index contributed by atoms with van der Waals surface area (Å²) in [6.45, 7) is 6.11. The van der Waals surface area contributed by atoms with Gasteiger partial charge < -0.3 is 15.5 Å². The molecule has 0 aliphatic heterocycles. The zero-order chi connectivity index (χ0) is 11.5. The lowest BCUT2D eigenvalue weighted by Crippen LogP contribution is -2.41. The third-order valence-electron chi connectivity index (χ3n) is 2.39. The predicted molar refractivity (Wildman–Crippen MR) is 63.2 cm³/mol. The number of nitrogens with one attached hydrogen (secondary N) is 1. The first-order valence-corrected chi connectivity index (χ1v) is 4.84. The minimum Gasteiger partial charge on any atom is -0.448 e. The Morgan fingerprint density at radius 3 is 2.69 bits per heavy atom. The summed E-state index contributed by atoms with van der Waals surface area (Å²) in [5.74, 6) is 0.647. The Bertz CT molecular complexity index is 350. The molecule has 1 heterocycles. The van der Waals surface area contributed by atoms with Gasteiger partial charge in [-0.05, 0) is 20.8 Å². The van der Waals surface area contributed by atoms with Crippen LogP contribution in [0.1, 0.15) is 25.3 Å². The van der Waals surface area contributed by atoms with Crippen LogP contribution in [0.2, 0.25) is 0 Å². The first kappa shape index (κ1) is 14.9. The van der Waals surface area contributed by atoms with Crippen LogP contribution < -0.4 is 11.1 Å². The third-order valence-corrected chi connectivity index (χ3v) is 2.39. The van der Waals surface area contributed by atoms with Crippen molar-refractivity contribution < 1.29 is 9.21 Å². The van der Waals surface area contributed by atoms with Gasteiger partial charge in [-0.15, -0.1) is 12.4 Å². The average molecular weight is 248 g/mol.